The quantitative estimate of drug-likeness (QED) is 0.489. The molecule has 1 aliphatic rings. The summed E-state index contributed by atoms with van der Waals surface area (Å²) in [6, 6.07) is 5.72. The average Bonchev–Trinajstić information content (AvgIpc) is 3.31. The summed E-state index contributed by atoms with van der Waals surface area (Å²) in [5.74, 6) is -4.33. The number of amides is 1. The van der Waals surface area contributed by atoms with Gasteiger partial charge in [0.05, 0.1) is 41.8 Å². The number of carbonyl (C=O) groups is 1. The van der Waals surface area contributed by atoms with Gasteiger partial charge in [0, 0.05) is 24.2 Å². The second-order valence-corrected chi connectivity index (χ2v) is 8.76. The number of benzene rings is 1. The van der Waals surface area contributed by atoms with Gasteiger partial charge in [0.1, 0.15) is 5.82 Å². The molecule has 1 fully saturated rings. The molecule has 35 heavy (non-hydrogen) atoms. The van der Waals surface area contributed by atoms with E-state index in [0.717, 1.165) is 17.0 Å². The van der Waals surface area contributed by atoms with E-state index in [1.807, 2.05) is 0 Å². The average molecular weight is 515 g/mol. The number of aromatic nitrogens is 4. The van der Waals surface area contributed by atoms with Gasteiger partial charge in [-0.1, -0.05) is 18.5 Å². The van der Waals surface area contributed by atoms with Crippen LogP contribution in [0.1, 0.15) is 29.3 Å². The molecule has 1 N–H and O–H groups in total. The van der Waals surface area contributed by atoms with Crippen LogP contribution in [0.4, 0.5) is 27.8 Å². The fourth-order valence-corrected chi connectivity index (χ4v) is 4.28. The van der Waals surface area contributed by atoms with Gasteiger partial charge in [0.15, 0.2) is 0 Å². The van der Waals surface area contributed by atoms with Gasteiger partial charge >= 0.3 is 6.18 Å². The van der Waals surface area contributed by atoms with Crippen LogP contribution in [-0.2, 0) is 6.18 Å². The zero-order valence-corrected chi connectivity index (χ0v) is 19.1. The highest BCUT2D eigenvalue weighted by molar-refractivity contribution is 6.31. The van der Waals surface area contributed by atoms with Crippen LogP contribution >= 0.6 is 11.6 Å². The third kappa shape index (κ3) is 5.53. The van der Waals surface area contributed by atoms with Gasteiger partial charge < -0.3 is 10.2 Å². The summed E-state index contributed by atoms with van der Waals surface area (Å²) in [5.41, 5.74) is -0.607. The molecule has 1 aromatic carbocycles. The fourth-order valence-electron chi connectivity index (χ4n) is 4.10. The first-order valence-corrected chi connectivity index (χ1v) is 10.9. The van der Waals surface area contributed by atoms with Gasteiger partial charge in [-0.25, -0.2) is 13.8 Å². The number of likely N-dealkylation sites (tertiary alicyclic amines) is 1. The van der Waals surface area contributed by atoms with Crippen molar-refractivity contribution in [1.82, 2.24) is 24.9 Å². The van der Waals surface area contributed by atoms with Crippen LogP contribution in [-0.4, -0.2) is 55.8 Å². The highest BCUT2D eigenvalue weighted by Gasteiger charge is 2.46. The van der Waals surface area contributed by atoms with Gasteiger partial charge in [-0.2, -0.15) is 28.2 Å². The molecule has 7 nitrogen and oxygen atoms in total. The number of nitrogens with one attached hydrogen (secondary N) is 1. The number of pyridine rings is 1. The number of halogens is 6. The van der Waals surface area contributed by atoms with E-state index < -0.39 is 48.5 Å². The van der Waals surface area contributed by atoms with Crippen LogP contribution in [0.3, 0.4) is 0 Å². The summed E-state index contributed by atoms with van der Waals surface area (Å²) in [5, 5.41) is 11.1. The number of carbonyl (C=O) groups excluding carboxylic acids is 1. The van der Waals surface area contributed by atoms with Crippen molar-refractivity contribution in [3.8, 4) is 5.69 Å². The van der Waals surface area contributed by atoms with E-state index in [0.29, 0.717) is 6.20 Å². The Morgan fingerprint density at radius 1 is 1.20 bits per heavy atom. The number of nitrogens with zero attached hydrogens (tertiary/aromatic N) is 5. The molecular formula is C22H20ClF5N6O. The Labute approximate surface area is 201 Å². The Balaban J connectivity index is 1.61. The third-order valence-corrected chi connectivity index (χ3v) is 5.98. The molecule has 186 valence electrons. The van der Waals surface area contributed by atoms with Gasteiger partial charge in [-0.15, -0.1) is 0 Å². The number of alkyl halides is 5. The predicted octanol–water partition coefficient (Wildman–Crippen LogP) is 4.93. The molecule has 0 aliphatic carbocycles. The van der Waals surface area contributed by atoms with Crippen LogP contribution in [0, 0.1) is 5.92 Å². The molecule has 2 atom stereocenters. The van der Waals surface area contributed by atoms with Crippen LogP contribution in [0.15, 0.2) is 48.9 Å². The monoisotopic (exact) mass is 514 g/mol. The summed E-state index contributed by atoms with van der Waals surface area (Å²) in [6.07, 6.45) is -1.49. The molecular weight excluding hydrogens is 495 g/mol. The van der Waals surface area contributed by atoms with Crippen molar-refractivity contribution < 1.29 is 26.7 Å². The maximum atomic E-state index is 14.5. The van der Waals surface area contributed by atoms with Crippen molar-refractivity contribution in [3.63, 3.8) is 0 Å². The Morgan fingerprint density at radius 2 is 1.91 bits per heavy atom. The molecule has 0 radical (unpaired) electrons. The van der Waals surface area contributed by atoms with Crippen LogP contribution < -0.4 is 5.32 Å². The maximum absolute atomic E-state index is 14.5. The lowest BCUT2D eigenvalue weighted by atomic mass is 9.87. The van der Waals surface area contributed by atoms with Gasteiger partial charge in [0.2, 0.25) is 0 Å². The maximum Gasteiger partial charge on any atom is 0.417 e. The SMILES string of the molecule is CC1CC(F)(F)CN(C(=O)c2cc(Cl)ccc2-n2nccn2)C1CNc1ccc(C(F)(F)F)cn1. The Hall–Kier alpha value is -3.28. The lowest BCUT2D eigenvalue weighted by Crippen LogP contribution is -2.57. The molecule has 4 rings (SSSR count). The minimum atomic E-state index is -4.53. The van der Waals surface area contributed by atoms with Crippen molar-refractivity contribution in [2.24, 2.45) is 5.92 Å². The molecule has 0 saturated carbocycles. The predicted molar refractivity (Wildman–Crippen MR) is 118 cm³/mol. The van der Waals surface area contributed by atoms with E-state index in [-0.39, 0.29) is 28.6 Å². The summed E-state index contributed by atoms with van der Waals surface area (Å²) in [4.78, 5) is 19.6. The van der Waals surface area contributed by atoms with E-state index >= 15 is 0 Å². The number of rotatable bonds is 5. The first-order chi connectivity index (χ1) is 16.4. The van der Waals surface area contributed by atoms with Crippen molar-refractivity contribution in [1.29, 1.82) is 0 Å². The number of hydrogen-bond donors (Lipinski definition) is 1. The first kappa shape index (κ1) is 24.8. The fraction of sp³-hybridized carbons (Fsp3) is 0.364. The summed E-state index contributed by atoms with van der Waals surface area (Å²) in [7, 11) is 0. The molecule has 2 aromatic heterocycles. The van der Waals surface area contributed by atoms with Crippen LogP contribution in [0.25, 0.3) is 5.69 Å². The molecule has 3 aromatic rings. The minimum absolute atomic E-state index is 0.00271. The largest absolute Gasteiger partial charge is 0.417 e. The van der Waals surface area contributed by atoms with Gasteiger partial charge in [0.25, 0.3) is 11.8 Å². The number of piperidine rings is 1. The normalized spacial score (nSPS) is 20.0. The van der Waals surface area contributed by atoms with E-state index in [9.17, 15) is 26.7 Å². The third-order valence-electron chi connectivity index (χ3n) is 5.75. The molecule has 1 aliphatic heterocycles. The van der Waals surface area contributed by atoms with Crippen molar-refractivity contribution >= 4 is 23.3 Å². The van der Waals surface area contributed by atoms with E-state index in [1.54, 1.807) is 6.92 Å². The highest BCUT2D eigenvalue weighted by Crippen LogP contribution is 2.36. The molecule has 0 bridgehead atoms. The lowest BCUT2D eigenvalue weighted by molar-refractivity contribution is -0.137. The Kier molecular flexibility index (Phi) is 6.67. The van der Waals surface area contributed by atoms with E-state index in [1.165, 1.54) is 35.4 Å². The zero-order chi connectivity index (χ0) is 25.4. The second-order valence-electron chi connectivity index (χ2n) is 8.33. The standard InChI is InChI=1S/C22H20ClF5N6O/c1-13-9-21(24,25)12-33(18(13)11-30-19-5-2-14(10-29-19)22(26,27)28)20(35)16-8-15(23)3-4-17(16)34-31-6-7-32-34/h2-8,10,13,18H,9,11-12H2,1H3,(H,29,30). The van der Waals surface area contributed by atoms with E-state index in [2.05, 4.69) is 20.5 Å². The zero-order valence-electron chi connectivity index (χ0n) is 18.3. The molecule has 13 heteroatoms. The van der Waals surface area contributed by atoms with Gasteiger partial charge in [-0.3, -0.25) is 4.79 Å². The first-order valence-electron chi connectivity index (χ1n) is 10.6. The smallest absolute Gasteiger partial charge is 0.368 e. The molecule has 1 amide bonds. The van der Waals surface area contributed by atoms with Gasteiger partial charge in [-0.05, 0) is 36.2 Å². The van der Waals surface area contributed by atoms with Crippen molar-refractivity contribution in [2.45, 2.75) is 31.5 Å². The number of anilines is 1. The Morgan fingerprint density at radius 3 is 2.54 bits per heavy atom. The van der Waals surface area contributed by atoms with Crippen molar-refractivity contribution in [3.05, 3.63) is 65.1 Å². The van der Waals surface area contributed by atoms with E-state index in [4.69, 9.17) is 11.6 Å². The molecule has 0 spiro atoms. The topological polar surface area (TPSA) is 75.9 Å². The van der Waals surface area contributed by atoms with Crippen LogP contribution in [0.5, 0.6) is 0 Å². The van der Waals surface area contributed by atoms with Crippen LogP contribution in [0.2, 0.25) is 5.02 Å². The molecule has 3 heterocycles. The minimum Gasteiger partial charge on any atom is -0.368 e. The Bertz CT molecular complexity index is 1190. The molecule has 2 unspecified atom stereocenters. The highest BCUT2D eigenvalue weighted by atomic mass is 35.5. The lowest BCUT2D eigenvalue weighted by Gasteiger charge is -2.43. The summed E-state index contributed by atoms with van der Waals surface area (Å²) >= 11 is 6.10. The summed E-state index contributed by atoms with van der Waals surface area (Å²) in [6.45, 7) is 0.756. The van der Waals surface area contributed by atoms with Crippen molar-refractivity contribution in [2.75, 3.05) is 18.4 Å². The number of hydrogen-bond acceptors (Lipinski definition) is 5. The molecule has 1 saturated heterocycles. The second kappa shape index (κ2) is 9.40. The summed E-state index contributed by atoms with van der Waals surface area (Å²) < 4.78 is 67.4.